The van der Waals surface area contributed by atoms with Crippen molar-refractivity contribution in [2.24, 2.45) is 0 Å². The van der Waals surface area contributed by atoms with E-state index in [0.717, 1.165) is 19.6 Å². The smallest absolute Gasteiger partial charge is 0.173 e. The molecule has 126 valence electrons. The largest absolute Gasteiger partial charge is 0.365 e. The van der Waals surface area contributed by atoms with Crippen molar-refractivity contribution >= 4 is 28.7 Å². The van der Waals surface area contributed by atoms with Crippen LogP contribution in [0.25, 0.3) is 0 Å². The third-order valence-electron chi connectivity index (χ3n) is 4.40. The Morgan fingerprint density at radius 2 is 1.83 bits per heavy atom. The molecule has 0 saturated carbocycles. The molecule has 2 aromatic rings. The fourth-order valence-electron chi connectivity index (χ4n) is 3.02. The zero-order chi connectivity index (χ0) is 17.1. The van der Waals surface area contributed by atoms with Crippen LogP contribution in [0, 0.1) is 12.7 Å². The van der Waals surface area contributed by atoms with E-state index in [1.807, 2.05) is 0 Å². The zero-order valence-electron chi connectivity index (χ0n) is 14.0. The third kappa shape index (κ3) is 3.67. The Kier molecular flexibility index (Phi) is 5.00. The Balaban J connectivity index is 1.63. The lowest BCUT2D eigenvalue weighted by Crippen LogP contribution is -2.54. The molecule has 24 heavy (non-hydrogen) atoms. The van der Waals surface area contributed by atoms with Gasteiger partial charge in [-0.3, -0.25) is 0 Å². The topological polar surface area (TPSA) is 18.5 Å². The molecule has 0 radical (unpaired) electrons. The molecular weight excluding hydrogens is 321 g/mol. The summed E-state index contributed by atoms with van der Waals surface area (Å²) in [6.45, 7) is 6.81. The highest BCUT2D eigenvalue weighted by Gasteiger charge is 2.25. The monoisotopic (exact) mass is 343 g/mol. The molecule has 0 amide bonds. The van der Waals surface area contributed by atoms with Gasteiger partial charge in [0.2, 0.25) is 0 Å². The number of nitrogens with zero attached hydrogens (tertiary/aromatic N) is 2. The van der Waals surface area contributed by atoms with E-state index >= 15 is 0 Å². The van der Waals surface area contributed by atoms with Crippen LogP contribution in [0.2, 0.25) is 0 Å². The standard InChI is InChI=1S/C19H22FN3S/c1-14-7-9-16(10-8-14)23-12-11-22(13-15(23)2)19(24)21-18-6-4-3-5-17(18)20/h3-10,15H,11-13H2,1-2H3,(H,21,24)/t15-/m0/s1. The van der Waals surface area contributed by atoms with Crippen LogP contribution in [-0.4, -0.2) is 35.7 Å². The first kappa shape index (κ1) is 16.7. The summed E-state index contributed by atoms with van der Waals surface area (Å²) in [7, 11) is 0. The van der Waals surface area contributed by atoms with E-state index in [0.29, 0.717) is 16.8 Å². The molecule has 0 aliphatic carbocycles. The van der Waals surface area contributed by atoms with E-state index in [4.69, 9.17) is 12.2 Å². The Morgan fingerprint density at radius 3 is 2.50 bits per heavy atom. The fraction of sp³-hybridized carbons (Fsp3) is 0.316. The molecule has 1 atom stereocenters. The molecule has 0 spiro atoms. The van der Waals surface area contributed by atoms with Gasteiger partial charge in [0, 0.05) is 31.4 Å². The molecule has 1 aliphatic rings. The van der Waals surface area contributed by atoms with Crippen LogP contribution in [0.3, 0.4) is 0 Å². The first-order chi connectivity index (χ1) is 11.5. The number of para-hydroxylation sites is 1. The summed E-state index contributed by atoms with van der Waals surface area (Å²) >= 11 is 5.47. The van der Waals surface area contributed by atoms with Crippen LogP contribution in [0.4, 0.5) is 15.8 Å². The number of thiocarbonyl (C=S) groups is 1. The van der Waals surface area contributed by atoms with Crippen molar-refractivity contribution in [2.75, 3.05) is 29.9 Å². The van der Waals surface area contributed by atoms with Gasteiger partial charge < -0.3 is 15.1 Å². The van der Waals surface area contributed by atoms with E-state index in [9.17, 15) is 4.39 Å². The number of anilines is 2. The molecule has 1 saturated heterocycles. The summed E-state index contributed by atoms with van der Waals surface area (Å²) in [4.78, 5) is 4.50. The first-order valence-corrected chi connectivity index (χ1v) is 8.59. The minimum absolute atomic E-state index is 0.286. The summed E-state index contributed by atoms with van der Waals surface area (Å²) in [5.74, 6) is -0.286. The number of nitrogens with one attached hydrogen (secondary N) is 1. The quantitative estimate of drug-likeness (QED) is 0.829. The van der Waals surface area contributed by atoms with Gasteiger partial charge in [0.05, 0.1) is 5.69 Å². The molecule has 2 aromatic carbocycles. The number of halogens is 1. The molecule has 0 aromatic heterocycles. The number of benzene rings is 2. The fourth-order valence-corrected chi connectivity index (χ4v) is 3.29. The Morgan fingerprint density at radius 1 is 1.12 bits per heavy atom. The predicted octanol–water partition coefficient (Wildman–Crippen LogP) is 4.04. The van der Waals surface area contributed by atoms with Crippen LogP contribution >= 0.6 is 12.2 Å². The van der Waals surface area contributed by atoms with Gasteiger partial charge in [-0.2, -0.15) is 0 Å². The Hall–Kier alpha value is -2.14. The van der Waals surface area contributed by atoms with Gasteiger partial charge in [-0.05, 0) is 50.3 Å². The minimum Gasteiger partial charge on any atom is -0.365 e. The zero-order valence-corrected chi connectivity index (χ0v) is 14.8. The number of rotatable bonds is 2. The summed E-state index contributed by atoms with van der Waals surface area (Å²) < 4.78 is 13.8. The number of hydrogen-bond acceptors (Lipinski definition) is 2. The van der Waals surface area contributed by atoms with Gasteiger partial charge in [0.15, 0.2) is 5.11 Å². The maximum atomic E-state index is 13.8. The van der Waals surface area contributed by atoms with Crippen molar-refractivity contribution in [3.05, 3.63) is 59.9 Å². The van der Waals surface area contributed by atoms with Crippen LogP contribution in [0.1, 0.15) is 12.5 Å². The second-order valence-electron chi connectivity index (χ2n) is 6.23. The van der Waals surface area contributed by atoms with E-state index in [1.165, 1.54) is 17.3 Å². The number of hydrogen-bond donors (Lipinski definition) is 1. The first-order valence-electron chi connectivity index (χ1n) is 8.18. The van der Waals surface area contributed by atoms with Crippen molar-refractivity contribution in [1.82, 2.24) is 4.90 Å². The maximum Gasteiger partial charge on any atom is 0.173 e. The van der Waals surface area contributed by atoms with Crippen molar-refractivity contribution in [2.45, 2.75) is 19.9 Å². The predicted molar refractivity (Wildman–Crippen MR) is 102 cm³/mol. The SMILES string of the molecule is Cc1ccc(N2CCN(C(=S)Nc3ccccc3F)C[C@@H]2C)cc1. The molecule has 1 aliphatic heterocycles. The molecule has 3 rings (SSSR count). The van der Waals surface area contributed by atoms with Crippen molar-refractivity contribution in [3.63, 3.8) is 0 Å². The molecule has 0 unspecified atom stereocenters. The maximum absolute atomic E-state index is 13.8. The highest BCUT2D eigenvalue weighted by Crippen LogP contribution is 2.22. The average molecular weight is 343 g/mol. The van der Waals surface area contributed by atoms with Gasteiger partial charge >= 0.3 is 0 Å². The van der Waals surface area contributed by atoms with Crippen molar-refractivity contribution in [3.8, 4) is 0 Å². The number of aryl methyl sites for hydroxylation is 1. The van der Waals surface area contributed by atoms with E-state index in [-0.39, 0.29) is 5.82 Å². The van der Waals surface area contributed by atoms with Gasteiger partial charge in [-0.15, -0.1) is 0 Å². The second-order valence-corrected chi connectivity index (χ2v) is 6.62. The van der Waals surface area contributed by atoms with Crippen LogP contribution in [-0.2, 0) is 0 Å². The van der Waals surface area contributed by atoms with E-state index in [1.54, 1.807) is 18.2 Å². The number of piperazine rings is 1. The lowest BCUT2D eigenvalue weighted by Gasteiger charge is -2.42. The Bertz CT molecular complexity index is 717. The molecule has 1 heterocycles. The van der Waals surface area contributed by atoms with Gasteiger partial charge in [0.25, 0.3) is 0 Å². The van der Waals surface area contributed by atoms with E-state index in [2.05, 4.69) is 53.2 Å². The Labute approximate surface area is 148 Å². The lowest BCUT2D eigenvalue weighted by atomic mass is 10.1. The third-order valence-corrected chi connectivity index (χ3v) is 4.76. The molecule has 5 heteroatoms. The lowest BCUT2D eigenvalue weighted by molar-refractivity contribution is 0.342. The van der Waals surface area contributed by atoms with Crippen LogP contribution < -0.4 is 10.2 Å². The summed E-state index contributed by atoms with van der Waals surface area (Å²) in [6.07, 6.45) is 0. The van der Waals surface area contributed by atoms with E-state index < -0.39 is 0 Å². The highest BCUT2D eigenvalue weighted by molar-refractivity contribution is 7.80. The molecule has 0 bridgehead atoms. The second kappa shape index (κ2) is 7.18. The summed E-state index contributed by atoms with van der Waals surface area (Å²) in [5.41, 5.74) is 2.93. The normalized spacial score (nSPS) is 17.7. The minimum atomic E-state index is -0.286. The van der Waals surface area contributed by atoms with Crippen molar-refractivity contribution < 1.29 is 4.39 Å². The highest BCUT2D eigenvalue weighted by atomic mass is 32.1. The van der Waals surface area contributed by atoms with Gasteiger partial charge in [-0.1, -0.05) is 29.8 Å². The van der Waals surface area contributed by atoms with Gasteiger partial charge in [0.1, 0.15) is 5.82 Å². The average Bonchev–Trinajstić information content (AvgIpc) is 2.58. The van der Waals surface area contributed by atoms with Crippen LogP contribution in [0.15, 0.2) is 48.5 Å². The molecule has 3 nitrogen and oxygen atoms in total. The summed E-state index contributed by atoms with van der Waals surface area (Å²) in [6, 6.07) is 15.5. The van der Waals surface area contributed by atoms with Gasteiger partial charge in [-0.25, -0.2) is 4.39 Å². The van der Waals surface area contributed by atoms with Crippen molar-refractivity contribution in [1.29, 1.82) is 0 Å². The molecular formula is C19H22FN3S. The summed E-state index contributed by atoms with van der Waals surface area (Å²) in [5, 5.41) is 3.61. The molecule has 1 N–H and O–H groups in total. The molecule has 1 fully saturated rings. The van der Waals surface area contributed by atoms with Crippen LogP contribution in [0.5, 0.6) is 0 Å².